The highest BCUT2D eigenvalue weighted by molar-refractivity contribution is 5.72. The van der Waals surface area contributed by atoms with E-state index in [0.29, 0.717) is 43.5 Å². The molecule has 1 amide bonds. The first-order valence-electron chi connectivity index (χ1n) is 11.5. The molecule has 0 aliphatic heterocycles. The predicted molar refractivity (Wildman–Crippen MR) is 137 cm³/mol. The van der Waals surface area contributed by atoms with E-state index in [4.69, 9.17) is 18.9 Å². The van der Waals surface area contributed by atoms with Gasteiger partial charge in [-0.25, -0.2) is 0 Å². The summed E-state index contributed by atoms with van der Waals surface area (Å²) in [6.07, 6.45) is 0. The maximum absolute atomic E-state index is 11.0. The Labute approximate surface area is 207 Å². The van der Waals surface area contributed by atoms with Crippen LogP contribution in [-0.2, 0) is 17.9 Å². The molecule has 35 heavy (non-hydrogen) atoms. The zero-order valence-electron chi connectivity index (χ0n) is 21.1. The van der Waals surface area contributed by atoms with Crippen LogP contribution in [0.25, 0.3) is 11.1 Å². The predicted octanol–water partition coefficient (Wildman–Crippen LogP) is 4.49. The Morgan fingerprint density at radius 3 is 2.23 bits per heavy atom. The molecule has 0 aromatic heterocycles. The fourth-order valence-electron chi connectivity index (χ4n) is 3.86. The van der Waals surface area contributed by atoms with Gasteiger partial charge in [-0.2, -0.15) is 0 Å². The number of carbonyl (C=O) groups excluding carboxylic acids is 1. The number of carbonyl (C=O) groups is 1. The van der Waals surface area contributed by atoms with Crippen LogP contribution in [0.2, 0.25) is 0 Å². The van der Waals surface area contributed by atoms with Crippen molar-refractivity contribution in [1.29, 1.82) is 0 Å². The number of ether oxygens (including phenoxy) is 4. The quantitative estimate of drug-likeness (QED) is 0.374. The Bertz CT molecular complexity index is 1120. The molecule has 0 spiro atoms. The Kier molecular flexibility index (Phi) is 9.38. The van der Waals surface area contributed by atoms with Gasteiger partial charge in [0.25, 0.3) is 0 Å². The smallest absolute Gasteiger partial charge is 0.216 e. The van der Waals surface area contributed by atoms with Crippen LogP contribution in [0.4, 0.5) is 0 Å². The van der Waals surface area contributed by atoms with Gasteiger partial charge in [0.15, 0.2) is 0 Å². The van der Waals surface area contributed by atoms with E-state index >= 15 is 0 Å². The van der Waals surface area contributed by atoms with E-state index in [0.717, 1.165) is 33.6 Å². The Morgan fingerprint density at radius 2 is 1.57 bits per heavy atom. The van der Waals surface area contributed by atoms with Gasteiger partial charge in [-0.15, -0.1) is 0 Å². The first-order chi connectivity index (χ1) is 17.0. The molecule has 7 nitrogen and oxygen atoms in total. The summed E-state index contributed by atoms with van der Waals surface area (Å²) in [5, 5.41) is 6.06. The van der Waals surface area contributed by atoms with Crippen LogP contribution >= 0.6 is 0 Å². The highest BCUT2D eigenvalue weighted by atomic mass is 16.5. The standard InChI is InChI=1S/C28H34N2O5/c1-19-22(9-7-11-25(19)21-8-6-10-23(14-21)32-3)18-35-24-15-27(33-4)26(28(16-24)34-5)17-29-12-13-30-20(2)31/h6-11,14-16,29H,12-13,17-18H2,1-5H3,(H,30,31). The molecule has 186 valence electrons. The van der Waals surface area contributed by atoms with Crippen LogP contribution in [0.3, 0.4) is 0 Å². The topological polar surface area (TPSA) is 78.0 Å². The molecule has 3 aromatic rings. The lowest BCUT2D eigenvalue weighted by Gasteiger charge is -2.17. The molecule has 0 aliphatic carbocycles. The molecule has 0 unspecified atom stereocenters. The lowest BCUT2D eigenvalue weighted by molar-refractivity contribution is -0.118. The minimum atomic E-state index is -0.0484. The van der Waals surface area contributed by atoms with E-state index in [1.54, 1.807) is 21.3 Å². The van der Waals surface area contributed by atoms with Gasteiger partial charge in [-0.05, 0) is 41.3 Å². The van der Waals surface area contributed by atoms with Crippen LogP contribution < -0.4 is 29.6 Å². The number of benzene rings is 3. The van der Waals surface area contributed by atoms with Crippen molar-refractivity contribution in [1.82, 2.24) is 10.6 Å². The normalized spacial score (nSPS) is 10.5. The molecule has 0 fully saturated rings. The minimum absolute atomic E-state index is 0.0484. The second kappa shape index (κ2) is 12.7. The van der Waals surface area contributed by atoms with Crippen molar-refractivity contribution in [3.8, 4) is 34.1 Å². The summed E-state index contributed by atoms with van der Waals surface area (Å²) in [5.41, 5.74) is 5.37. The van der Waals surface area contributed by atoms with E-state index < -0.39 is 0 Å². The summed E-state index contributed by atoms with van der Waals surface area (Å²) >= 11 is 0. The van der Waals surface area contributed by atoms with Gasteiger partial charge in [-0.1, -0.05) is 30.3 Å². The average molecular weight is 479 g/mol. The third-order valence-electron chi connectivity index (χ3n) is 5.78. The first-order valence-corrected chi connectivity index (χ1v) is 11.5. The molecule has 0 saturated carbocycles. The van der Waals surface area contributed by atoms with Crippen molar-refractivity contribution in [2.45, 2.75) is 27.0 Å². The van der Waals surface area contributed by atoms with E-state index in [9.17, 15) is 4.79 Å². The van der Waals surface area contributed by atoms with Gasteiger partial charge in [0.1, 0.15) is 29.6 Å². The molecular weight excluding hydrogens is 444 g/mol. The van der Waals surface area contributed by atoms with E-state index in [1.165, 1.54) is 6.92 Å². The second-order valence-corrected chi connectivity index (χ2v) is 8.08. The Balaban J connectivity index is 1.74. The van der Waals surface area contributed by atoms with Crippen molar-refractivity contribution in [3.05, 3.63) is 71.3 Å². The van der Waals surface area contributed by atoms with E-state index in [2.05, 4.69) is 35.8 Å². The fraction of sp³-hybridized carbons (Fsp3) is 0.321. The first kappa shape index (κ1) is 25.9. The minimum Gasteiger partial charge on any atom is -0.497 e. The molecule has 0 bridgehead atoms. The summed E-state index contributed by atoms with van der Waals surface area (Å²) in [4.78, 5) is 11.0. The number of hydrogen-bond donors (Lipinski definition) is 2. The molecule has 0 radical (unpaired) electrons. The monoisotopic (exact) mass is 478 g/mol. The Morgan fingerprint density at radius 1 is 0.857 bits per heavy atom. The number of nitrogens with one attached hydrogen (secondary N) is 2. The molecule has 3 aromatic carbocycles. The summed E-state index contributed by atoms with van der Waals surface area (Å²) < 4.78 is 22.8. The molecule has 0 saturated heterocycles. The second-order valence-electron chi connectivity index (χ2n) is 8.08. The van der Waals surface area contributed by atoms with Gasteiger partial charge >= 0.3 is 0 Å². The van der Waals surface area contributed by atoms with Crippen molar-refractivity contribution in [2.24, 2.45) is 0 Å². The molecular formula is C28H34N2O5. The number of amides is 1. The SMILES string of the molecule is COc1cccc(-c2cccc(COc3cc(OC)c(CNCCNC(C)=O)c(OC)c3)c2C)c1. The van der Waals surface area contributed by atoms with Crippen LogP contribution in [-0.4, -0.2) is 40.3 Å². The highest BCUT2D eigenvalue weighted by Gasteiger charge is 2.14. The van der Waals surface area contributed by atoms with Crippen molar-refractivity contribution >= 4 is 5.91 Å². The maximum Gasteiger partial charge on any atom is 0.216 e. The maximum atomic E-state index is 11.0. The number of hydrogen-bond acceptors (Lipinski definition) is 6. The van der Waals surface area contributed by atoms with Crippen LogP contribution in [0.5, 0.6) is 23.0 Å². The van der Waals surface area contributed by atoms with Crippen LogP contribution in [0.15, 0.2) is 54.6 Å². The molecule has 0 aliphatic rings. The lowest BCUT2D eigenvalue weighted by atomic mass is 9.96. The van der Waals surface area contributed by atoms with Gasteiger partial charge in [0.2, 0.25) is 5.91 Å². The largest absolute Gasteiger partial charge is 0.497 e. The van der Waals surface area contributed by atoms with Gasteiger partial charge < -0.3 is 29.6 Å². The molecule has 2 N–H and O–H groups in total. The molecule has 3 rings (SSSR count). The molecule has 7 heteroatoms. The molecule has 0 heterocycles. The zero-order chi connectivity index (χ0) is 25.2. The van der Waals surface area contributed by atoms with E-state index in [-0.39, 0.29) is 5.91 Å². The van der Waals surface area contributed by atoms with E-state index in [1.807, 2.05) is 36.4 Å². The fourth-order valence-corrected chi connectivity index (χ4v) is 3.86. The van der Waals surface area contributed by atoms with Gasteiger partial charge in [0.05, 0.1) is 26.9 Å². The molecule has 0 atom stereocenters. The van der Waals surface area contributed by atoms with Gasteiger partial charge in [-0.3, -0.25) is 4.79 Å². The van der Waals surface area contributed by atoms with Crippen LogP contribution in [0, 0.1) is 6.92 Å². The average Bonchev–Trinajstić information content (AvgIpc) is 2.87. The summed E-state index contributed by atoms with van der Waals surface area (Å²) in [5.74, 6) is 2.79. The lowest BCUT2D eigenvalue weighted by Crippen LogP contribution is -2.30. The van der Waals surface area contributed by atoms with Crippen molar-refractivity contribution < 1.29 is 23.7 Å². The summed E-state index contributed by atoms with van der Waals surface area (Å²) in [6.45, 7) is 5.73. The Hall–Kier alpha value is -3.71. The zero-order valence-corrected chi connectivity index (χ0v) is 21.1. The third kappa shape index (κ3) is 6.90. The number of rotatable bonds is 12. The summed E-state index contributed by atoms with van der Waals surface area (Å²) in [6, 6.07) is 18.0. The third-order valence-corrected chi connectivity index (χ3v) is 5.78. The van der Waals surface area contributed by atoms with Crippen molar-refractivity contribution in [2.75, 3.05) is 34.4 Å². The van der Waals surface area contributed by atoms with Crippen molar-refractivity contribution in [3.63, 3.8) is 0 Å². The van der Waals surface area contributed by atoms with Crippen LogP contribution in [0.1, 0.15) is 23.6 Å². The number of methoxy groups -OCH3 is 3. The summed E-state index contributed by atoms with van der Waals surface area (Å²) in [7, 11) is 4.92. The van der Waals surface area contributed by atoms with Gasteiger partial charge in [0, 0.05) is 38.7 Å². The highest BCUT2D eigenvalue weighted by Crippen LogP contribution is 2.35.